The van der Waals surface area contributed by atoms with E-state index in [1.165, 1.54) is 24.8 Å². The predicted octanol–water partition coefficient (Wildman–Crippen LogP) is 3.99. The number of halogens is 1. The van der Waals surface area contributed by atoms with Crippen LogP contribution in [0.4, 0.5) is 0 Å². The van der Waals surface area contributed by atoms with Crippen LogP contribution in [0, 0.1) is 0 Å². The molecule has 1 atom stereocenters. The molecule has 0 saturated heterocycles. The van der Waals surface area contributed by atoms with Gasteiger partial charge in [-0.2, -0.15) is 0 Å². The van der Waals surface area contributed by atoms with Crippen molar-refractivity contribution in [2.45, 2.75) is 39.0 Å². The molecule has 2 heteroatoms. The molecule has 0 saturated carbocycles. The van der Waals surface area contributed by atoms with Crippen LogP contribution in [0.25, 0.3) is 0 Å². The molecule has 92 valence electrons. The number of nitrogens with one attached hydrogen (secondary N) is 1. The van der Waals surface area contributed by atoms with Gasteiger partial charge in [-0.05, 0) is 37.4 Å². The molecule has 0 heterocycles. The molecule has 1 nitrogen and oxygen atoms in total. The van der Waals surface area contributed by atoms with Gasteiger partial charge in [-0.1, -0.05) is 50.6 Å². The molecular weight excluding hydrogens is 218 g/mol. The maximum Gasteiger partial charge on any atom is -0.00432 e. The second-order valence-electron chi connectivity index (χ2n) is 4.20. The largest absolute Gasteiger partial charge is 0.317 e. The molecule has 0 aliphatic heterocycles. The third-order valence-electron chi connectivity index (χ3n) is 2.83. The fourth-order valence-electron chi connectivity index (χ4n) is 1.69. The van der Waals surface area contributed by atoms with Crippen molar-refractivity contribution in [3.05, 3.63) is 35.9 Å². The molecule has 1 unspecified atom stereocenters. The van der Waals surface area contributed by atoms with E-state index in [4.69, 9.17) is 0 Å². The van der Waals surface area contributed by atoms with Crippen LogP contribution < -0.4 is 5.32 Å². The third-order valence-corrected chi connectivity index (χ3v) is 2.83. The zero-order valence-corrected chi connectivity index (χ0v) is 11.2. The molecule has 1 aromatic rings. The zero-order chi connectivity index (χ0) is 10.9. The molecule has 0 spiro atoms. The first-order chi connectivity index (χ1) is 7.34. The number of rotatable bonds is 7. The van der Waals surface area contributed by atoms with Crippen LogP contribution in [-0.4, -0.2) is 13.1 Å². The minimum atomic E-state index is 0. The Bertz CT molecular complexity index is 248. The number of unbranched alkanes of at least 4 members (excludes halogenated alkanes) is 1. The van der Waals surface area contributed by atoms with E-state index >= 15 is 0 Å². The summed E-state index contributed by atoms with van der Waals surface area (Å²) in [5.41, 5.74) is 1.45. The van der Waals surface area contributed by atoms with Crippen LogP contribution in [0.3, 0.4) is 0 Å². The van der Waals surface area contributed by atoms with Gasteiger partial charge < -0.3 is 5.32 Å². The summed E-state index contributed by atoms with van der Waals surface area (Å²) < 4.78 is 0. The Morgan fingerprint density at radius 2 is 1.81 bits per heavy atom. The number of hydrogen-bond acceptors (Lipinski definition) is 1. The van der Waals surface area contributed by atoms with Gasteiger partial charge in [-0.3, -0.25) is 0 Å². The van der Waals surface area contributed by atoms with Crippen molar-refractivity contribution in [2.24, 2.45) is 0 Å². The van der Waals surface area contributed by atoms with Crippen molar-refractivity contribution < 1.29 is 0 Å². The van der Waals surface area contributed by atoms with Crippen LogP contribution in [0.2, 0.25) is 0 Å². The number of benzene rings is 1. The van der Waals surface area contributed by atoms with Gasteiger partial charge in [0.1, 0.15) is 0 Å². The average molecular weight is 242 g/mol. The Balaban J connectivity index is 0.00000225. The highest BCUT2D eigenvalue weighted by Gasteiger charge is 2.03. The average Bonchev–Trinajstić information content (AvgIpc) is 2.30. The smallest absolute Gasteiger partial charge is 0.00432 e. The second kappa shape index (κ2) is 9.68. The minimum Gasteiger partial charge on any atom is -0.317 e. The van der Waals surface area contributed by atoms with Crippen molar-refractivity contribution in [1.82, 2.24) is 5.32 Å². The highest BCUT2D eigenvalue weighted by atomic mass is 35.5. The SMILES string of the molecule is CCCCNCCC(C)c1ccccc1.Cl. The highest BCUT2D eigenvalue weighted by molar-refractivity contribution is 5.85. The molecule has 16 heavy (non-hydrogen) atoms. The normalized spacial score (nSPS) is 11.9. The van der Waals surface area contributed by atoms with E-state index in [0.29, 0.717) is 5.92 Å². The molecule has 0 aliphatic carbocycles. The lowest BCUT2D eigenvalue weighted by Crippen LogP contribution is -2.18. The highest BCUT2D eigenvalue weighted by Crippen LogP contribution is 2.17. The first-order valence-electron chi connectivity index (χ1n) is 6.10. The lowest BCUT2D eigenvalue weighted by molar-refractivity contribution is 0.578. The Morgan fingerprint density at radius 1 is 1.12 bits per heavy atom. The van der Waals surface area contributed by atoms with Gasteiger partial charge in [0.25, 0.3) is 0 Å². The van der Waals surface area contributed by atoms with Crippen LogP contribution in [-0.2, 0) is 0 Å². The van der Waals surface area contributed by atoms with E-state index in [1.54, 1.807) is 0 Å². The summed E-state index contributed by atoms with van der Waals surface area (Å²) in [6.45, 7) is 6.83. The molecule has 0 aromatic heterocycles. The van der Waals surface area contributed by atoms with E-state index in [2.05, 4.69) is 49.5 Å². The fourth-order valence-corrected chi connectivity index (χ4v) is 1.69. The molecule has 1 aromatic carbocycles. The summed E-state index contributed by atoms with van der Waals surface area (Å²) in [5.74, 6) is 0.667. The van der Waals surface area contributed by atoms with Crippen molar-refractivity contribution in [2.75, 3.05) is 13.1 Å². The topological polar surface area (TPSA) is 12.0 Å². The van der Waals surface area contributed by atoms with E-state index in [1.807, 2.05) is 0 Å². The first-order valence-corrected chi connectivity index (χ1v) is 6.10. The fraction of sp³-hybridized carbons (Fsp3) is 0.571. The predicted molar refractivity (Wildman–Crippen MR) is 74.5 cm³/mol. The van der Waals surface area contributed by atoms with Crippen LogP contribution in [0.15, 0.2) is 30.3 Å². The maximum absolute atomic E-state index is 3.49. The lowest BCUT2D eigenvalue weighted by Gasteiger charge is -2.12. The third kappa shape index (κ3) is 6.14. The van der Waals surface area contributed by atoms with Gasteiger partial charge in [-0.25, -0.2) is 0 Å². The zero-order valence-electron chi connectivity index (χ0n) is 10.4. The molecule has 0 amide bonds. The van der Waals surface area contributed by atoms with E-state index < -0.39 is 0 Å². The molecule has 0 aliphatic rings. The Morgan fingerprint density at radius 3 is 2.44 bits per heavy atom. The summed E-state index contributed by atoms with van der Waals surface area (Å²) in [7, 11) is 0. The van der Waals surface area contributed by atoms with Crippen LogP contribution in [0.5, 0.6) is 0 Å². The Labute approximate surface area is 106 Å². The monoisotopic (exact) mass is 241 g/mol. The van der Waals surface area contributed by atoms with E-state index in [9.17, 15) is 0 Å². The van der Waals surface area contributed by atoms with Crippen molar-refractivity contribution >= 4 is 12.4 Å². The molecular formula is C14H24ClN. The standard InChI is InChI=1S/C14H23N.ClH/c1-3-4-11-15-12-10-13(2)14-8-6-5-7-9-14;/h5-9,13,15H,3-4,10-12H2,1-2H3;1H. The summed E-state index contributed by atoms with van der Waals surface area (Å²) >= 11 is 0. The quantitative estimate of drug-likeness (QED) is 0.712. The summed E-state index contributed by atoms with van der Waals surface area (Å²) in [6, 6.07) is 10.8. The molecule has 0 radical (unpaired) electrons. The Hall–Kier alpha value is -0.530. The summed E-state index contributed by atoms with van der Waals surface area (Å²) in [4.78, 5) is 0. The van der Waals surface area contributed by atoms with Crippen molar-refractivity contribution in [3.63, 3.8) is 0 Å². The molecule has 1 rings (SSSR count). The maximum atomic E-state index is 3.49. The first kappa shape index (κ1) is 15.5. The van der Waals surface area contributed by atoms with Crippen molar-refractivity contribution in [3.8, 4) is 0 Å². The van der Waals surface area contributed by atoms with E-state index in [0.717, 1.165) is 13.1 Å². The van der Waals surface area contributed by atoms with Crippen molar-refractivity contribution in [1.29, 1.82) is 0 Å². The Kier molecular flexibility index (Phi) is 9.36. The second-order valence-corrected chi connectivity index (χ2v) is 4.20. The summed E-state index contributed by atoms with van der Waals surface area (Å²) in [6.07, 6.45) is 3.80. The molecule has 0 bridgehead atoms. The van der Waals surface area contributed by atoms with Gasteiger partial charge in [0.15, 0.2) is 0 Å². The van der Waals surface area contributed by atoms with Crippen LogP contribution >= 0.6 is 12.4 Å². The molecule has 0 fully saturated rings. The van der Waals surface area contributed by atoms with Gasteiger partial charge in [0, 0.05) is 0 Å². The van der Waals surface area contributed by atoms with Gasteiger partial charge >= 0.3 is 0 Å². The van der Waals surface area contributed by atoms with Gasteiger partial charge in [0.05, 0.1) is 0 Å². The minimum absolute atomic E-state index is 0. The number of hydrogen-bond donors (Lipinski definition) is 1. The lowest BCUT2D eigenvalue weighted by atomic mass is 9.98. The summed E-state index contributed by atoms with van der Waals surface area (Å²) in [5, 5.41) is 3.49. The van der Waals surface area contributed by atoms with Crippen LogP contribution in [0.1, 0.15) is 44.6 Å². The van der Waals surface area contributed by atoms with Gasteiger partial charge in [0.2, 0.25) is 0 Å². The molecule has 1 N–H and O–H groups in total. The van der Waals surface area contributed by atoms with E-state index in [-0.39, 0.29) is 12.4 Å². The van der Waals surface area contributed by atoms with Gasteiger partial charge in [-0.15, -0.1) is 12.4 Å².